The quantitative estimate of drug-likeness (QED) is 0.530. The number of para-hydroxylation sites is 1. The number of hydrogen-bond donors (Lipinski definition) is 0. The number of pyridine rings is 1. The first-order valence-electron chi connectivity index (χ1n) is 6.52. The summed E-state index contributed by atoms with van der Waals surface area (Å²) in [6.07, 6.45) is 0. The van der Waals surface area contributed by atoms with Gasteiger partial charge in [0.2, 0.25) is 5.88 Å². The van der Waals surface area contributed by atoms with Gasteiger partial charge in [-0.3, -0.25) is 4.79 Å². The molecule has 1 aromatic heterocycles. The molecule has 0 fully saturated rings. The van der Waals surface area contributed by atoms with Gasteiger partial charge in [0, 0.05) is 21.5 Å². The summed E-state index contributed by atoms with van der Waals surface area (Å²) in [7, 11) is 1.57. The first kappa shape index (κ1) is 12.4. The van der Waals surface area contributed by atoms with Gasteiger partial charge in [0.1, 0.15) is 0 Å². The Labute approximate surface area is 126 Å². The molecule has 0 amide bonds. The number of ether oxygens (including phenoxy) is 1. The molecule has 102 valence electrons. The second kappa shape index (κ2) is 4.30. The van der Waals surface area contributed by atoms with E-state index in [4.69, 9.17) is 16.3 Å². The maximum Gasteiger partial charge on any atom is 0.222 e. The van der Waals surface area contributed by atoms with Crippen molar-refractivity contribution >= 4 is 28.3 Å². The van der Waals surface area contributed by atoms with Crippen LogP contribution in [-0.4, -0.2) is 17.9 Å². The lowest BCUT2D eigenvalue weighted by Crippen LogP contribution is -1.99. The average molecular weight is 296 g/mol. The Morgan fingerprint density at radius 1 is 1.05 bits per heavy atom. The fraction of sp³-hybridized carbons (Fsp3) is 0.0588. The van der Waals surface area contributed by atoms with Crippen molar-refractivity contribution in [3.63, 3.8) is 0 Å². The molecule has 0 spiro atoms. The Morgan fingerprint density at radius 3 is 2.67 bits per heavy atom. The predicted molar refractivity (Wildman–Crippen MR) is 82.2 cm³/mol. The highest BCUT2D eigenvalue weighted by atomic mass is 35.5. The average Bonchev–Trinajstić information content (AvgIpc) is 2.80. The Hall–Kier alpha value is -2.39. The third-order valence-electron chi connectivity index (χ3n) is 3.78. The summed E-state index contributed by atoms with van der Waals surface area (Å²) in [6, 6.07) is 12.9. The van der Waals surface area contributed by atoms with E-state index in [1.54, 1.807) is 19.2 Å². The van der Waals surface area contributed by atoms with Gasteiger partial charge in [0.15, 0.2) is 5.78 Å². The molecule has 0 aliphatic heterocycles. The fourth-order valence-corrected chi connectivity index (χ4v) is 3.05. The SMILES string of the molecule is COc1nc2ccccc2c2c1-c1ccc(Cl)cc1C2=O. The molecule has 0 N–H and O–H groups in total. The minimum atomic E-state index is -0.0283. The van der Waals surface area contributed by atoms with E-state index in [-0.39, 0.29) is 5.78 Å². The maximum atomic E-state index is 12.8. The van der Waals surface area contributed by atoms with Gasteiger partial charge in [-0.05, 0) is 23.8 Å². The van der Waals surface area contributed by atoms with Crippen LogP contribution >= 0.6 is 11.6 Å². The molecule has 1 aliphatic rings. The Morgan fingerprint density at radius 2 is 1.86 bits per heavy atom. The van der Waals surface area contributed by atoms with Gasteiger partial charge in [-0.15, -0.1) is 0 Å². The number of carbonyl (C=O) groups is 1. The highest BCUT2D eigenvalue weighted by Gasteiger charge is 2.32. The number of fused-ring (bicyclic) bond motifs is 5. The number of carbonyl (C=O) groups excluding carboxylic acids is 1. The van der Waals surface area contributed by atoms with Crippen molar-refractivity contribution in [1.82, 2.24) is 4.98 Å². The molecule has 0 saturated carbocycles. The highest BCUT2D eigenvalue weighted by Crippen LogP contribution is 2.45. The number of hydrogen-bond acceptors (Lipinski definition) is 3. The largest absolute Gasteiger partial charge is 0.481 e. The second-order valence-electron chi connectivity index (χ2n) is 4.91. The maximum absolute atomic E-state index is 12.8. The number of aromatic nitrogens is 1. The van der Waals surface area contributed by atoms with Crippen LogP contribution in [0, 0.1) is 0 Å². The van der Waals surface area contributed by atoms with Gasteiger partial charge in [0.05, 0.1) is 18.2 Å². The van der Waals surface area contributed by atoms with Crippen LogP contribution in [0.3, 0.4) is 0 Å². The van der Waals surface area contributed by atoms with Gasteiger partial charge >= 0.3 is 0 Å². The molecular weight excluding hydrogens is 286 g/mol. The van der Waals surface area contributed by atoms with Crippen molar-refractivity contribution < 1.29 is 9.53 Å². The molecule has 0 atom stereocenters. The summed E-state index contributed by atoms with van der Waals surface area (Å²) in [5.74, 6) is 0.442. The van der Waals surface area contributed by atoms with Crippen LogP contribution in [0.5, 0.6) is 5.88 Å². The summed E-state index contributed by atoms with van der Waals surface area (Å²) >= 11 is 6.02. The molecule has 0 bridgehead atoms. The van der Waals surface area contributed by atoms with Crippen LogP contribution in [0.4, 0.5) is 0 Å². The predicted octanol–water partition coefficient (Wildman–Crippen LogP) is 4.11. The van der Waals surface area contributed by atoms with E-state index in [0.29, 0.717) is 22.0 Å². The van der Waals surface area contributed by atoms with Crippen molar-refractivity contribution in [2.45, 2.75) is 0 Å². The van der Waals surface area contributed by atoms with Crippen LogP contribution in [0.25, 0.3) is 22.0 Å². The zero-order valence-electron chi connectivity index (χ0n) is 11.2. The van der Waals surface area contributed by atoms with Crippen LogP contribution in [0.2, 0.25) is 5.02 Å². The molecule has 3 nitrogen and oxygen atoms in total. The van der Waals surface area contributed by atoms with Crippen LogP contribution < -0.4 is 4.74 Å². The Balaban J connectivity index is 2.18. The lowest BCUT2D eigenvalue weighted by atomic mass is 10.0. The van der Waals surface area contributed by atoms with Crippen molar-refractivity contribution in [2.24, 2.45) is 0 Å². The topological polar surface area (TPSA) is 39.2 Å². The van der Waals surface area contributed by atoms with E-state index in [2.05, 4.69) is 4.98 Å². The van der Waals surface area contributed by atoms with E-state index < -0.39 is 0 Å². The second-order valence-corrected chi connectivity index (χ2v) is 5.34. The van der Waals surface area contributed by atoms with E-state index in [0.717, 1.165) is 22.0 Å². The van der Waals surface area contributed by atoms with Crippen molar-refractivity contribution in [3.05, 3.63) is 58.6 Å². The van der Waals surface area contributed by atoms with Crippen molar-refractivity contribution in [2.75, 3.05) is 7.11 Å². The number of halogens is 1. The van der Waals surface area contributed by atoms with E-state index in [9.17, 15) is 4.79 Å². The number of nitrogens with zero attached hydrogens (tertiary/aromatic N) is 1. The third kappa shape index (κ3) is 1.61. The summed E-state index contributed by atoms with van der Waals surface area (Å²) in [6.45, 7) is 0. The molecule has 0 saturated heterocycles. The first-order valence-corrected chi connectivity index (χ1v) is 6.90. The molecule has 21 heavy (non-hydrogen) atoms. The minimum absolute atomic E-state index is 0.0283. The summed E-state index contributed by atoms with van der Waals surface area (Å²) in [5, 5.41) is 1.39. The van der Waals surface area contributed by atoms with E-state index in [1.165, 1.54) is 0 Å². The zero-order valence-corrected chi connectivity index (χ0v) is 11.9. The number of rotatable bonds is 1. The molecule has 0 radical (unpaired) electrons. The molecule has 3 aromatic rings. The molecular formula is C17H10ClNO2. The first-order chi connectivity index (χ1) is 10.2. The van der Waals surface area contributed by atoms with Crippen LogP contribution in [-0.2, 0) is 0 Å². The molecule has 4 heteroatoms. The molecule has 0 unspecified atom stereocenters. The normalized spacial score (nSPS) is 12.4. The van der Waals surface area contributed by atoms with E-state index in [1.807, 2.05) is 30.3 Å². The number of ketones is 1. The lowest BCUT2D eigenvalue weighted by molar-refractivity contribution is 0.104. The molecule has 4 rings (SSSR count). The lowest BCUT2D eigenvalue weighted by Gasteiger charge is -2.09. The zero-order chi connectivity index (χ0) is 14.6. The monoisotopic (exact) mass is 295 g/mol. The minimum Gasteiger partial charge on any atom is -0.481 e. The summed E-state index contributed by atoms with van der Waals surface area (Å²) < 4.78 is 5.40. The smallest absolute Gasteiger partial charge is 0.222 e. The Bertz CT molecular complexity index is 918. The van der Waals surface area contributed by atoms with E-state index >= 15 is 0 Å². The Kier molecular flexibility index (Phi) is 2.53. The molecule has 1 aliphatic carbocycles. The summed E-state index contributed by atoms with van der Waals surface area (Å²) in [4.78, 5) is 17.3. The van der Waals surface area contributed by atoms with Gasteiger partial charge in [-0.25, -0.2) is 4.98 Å². The fourth-order valence-electron chi connectivity index (χ4n) is 2.88. The molecule has 2 aromatic carbocycles. The van der Waals surface area contributed by atoms with Gasteiger partial charge in [-0.2, -0.15) is 0 Å². The third-order valence-corrected chi connectivity index (χ3v) is 4.01. The van der Waals surface area contributed by atoms with Gasteiger partial charge in [0.25, 0.3) is 0 Å². The highest BCUT2D eigenvalue weighted by molar-refractivity contribution is 6.33. The molecule has 1 heterocycles. The van der Waals surface area contributed by atoms with Gasteiger partial charge in [-0.1, -0.05) is 35.9 Å². The van der Waals surface area contributed by atoms with Crippen molar-refractivity contribution in [1.29, 1.82) is 0 Å². The van der Waals surface area contributed by atoms with Crippen molar-refractivity contribution in [3.8, 4) is 17.0 Å². The number of benzene rings is 2. The van der Waals surface area contributed by atoms with Crippen LogP contribution in [0.1, 0.15) is 15.9 Å². The summed E-state index contributed by atoms with van der Waals surface area (Å²) in [5.41, 5.74) is 3.59. The van der Waals surface area contributed by atoms with Crippen LogP contribution in [0.15, 0.2) is 42.5 Å². The number of methoxy groups -OCH3 is 1. The van der Waals surface area contributed by atoms with Gasteiger partial charge < -0.3 is 4.74 Å². The standard InChI is InChI=1S/C17H10ClNO2/c1-21-17-15-10-7-6-9(18)8-12(10)16(20)14(15)11-4-2-3-5-13(11)19-17/h2-8H,1H3.